The molecule has 2 nitrogen and oxygen atoms in total. The molecule has 0 aliphatic rings. The van der Waals surface area contributed by atoms with E-state index in [1.165, 1.54) is 44.6 Å². The number of allylic oxidation sites excluding steroid dienone is 5. The summed E-state index contributed by atoms with van der Waals surface area (Å²) in [4.78, 5) is 10.2. The highest BCUT2D eigenvalue weighted by atomic mass is 16.4. The zero-order chi connectivity index (χ0) is 14.9. The summed E-state index contributed by atoms with van der Waals surface area (Å²) in [5, 5.41) is 8.42. The van der Waals surface area contributed by atoms with Crippen molar-refractivity contribution in [2.24, 2.45) is 0 Å². The Labute approximate surface area is 124 Å². The van der Waals surface area contributed by atoms with E-state index in [1.54, 1.807) is 6.08 Å². The molecule has 0 heterocycles. The molecule has 20 heavy (non-hydrogen) atoms. The fraction of sp³-hybridized carbons (Fsp3) is 0.611. The zero-order valence-corrected chi connectivity index (χ0v) is 12.9. The Kier molecular flexibility index (Phi) is 14.7. The van der Waals surface area contributed by atoms with Crippen molar-refractivity contribution in [2.45, 2.75) is 71.1 Å². The molecule has 0 aliphatic heterocycles. The van der Waals surface area contributed by atoms with E-state index in [2.05, 4.69) is 31.2 Å². The number of unbranched alkanes of at least 4 members (excludes halogenated alkanes) is 7. The normalized spacial score (nSPS) is 12.1. The lowest BCUT2D eigenvalue weighted by Crippen LogP contribution is -1.85. The Morgan fingerprint density at radius 1 is 0.800 bits per heavy atom. The van der Waals surface area contributed by atoms with Crippen molar-refractivity contribution in [3.05, 3.63) is 36.5 Å². The average Bonchev–Trinajstić information content (AvgIpc) is 2.43. The summed E-state index contributed by atoms with van der Waals surface area (Å²) in [6, 6.07) is 0. The topological polar surface area (TPSA) is 37.3 Å². The molecule has 2 heteroatoms. The Morgan fingerprint density at radius 3 is 1.90 bits per heavy atom. The highest BCUT2D eigenvalue weighted by Gasteiger charge is 1.88. The highest BCUT2D eigenvalue weighted by molar-refractivity contribution is 5.79. The SMILES string of the molecule is CCCCC/C=C\C/C=C\CCCCC/C=C/C(=O)O. The van der Waals surface area contributed by atoms with Crippen molar-refractivity contribution in [1.82, 2.24) is 0 Å². The number of carboxylic acid groups (broad SMARTS) is 1. The van der Waals surface area contributed by atoms with Gasteiger partial charge in [-0.2, -0.15) is 0 Å². The van der Waals surface area contributed by atoms with E-state index in [4.69, 9.17) is 5.11 Å². The van der Waals surface area contributed by atoms with Crippen LogP contribution in [0.15, 0.2) is 36.5 Å². The van der Waals surface area contributed by atoms with Gasteiger partial charge in [0.1, 0.15) is 0 Å². The number of hydrogen-bond donors (Lipinski definition) is 1. The van der Waals surface area contributed by atoms with E-state index >= 15 is 0 Å². The Hall–Kier alpha value is -1.31. The summed E-state index contributed by atoms with van der Waals surface area (Å²) in [5.74, 6) is -0.851. The fourth-order valence-electron chi connectivity index (χ4n) is 1.90. The molecular weight excluding hydrogens is 248 g/mol. The van der Waals surface area contributed by atoms with Crippen LogP contribution in [0.3, 0.4) is 0 Å². The maximum Gasteiger partial charge on any atom is 0.327 e. The highest BCUT2D eigenvalue weighted by Crippen LogP contribution is 2.05. The van der Waals surface area contributed by atoms with Gasteiger partial charge in [0, 0.05) is 6.08 Å². The van der Waals surface area contributed by atoms with Crippen LogP contribution in [0, 0.1) is 0 Å². The lowest BCUT2D eigenvalue weighted by Gasteiger charge is -1.94. The van der Waals surface area contributed by atoms with E-state index in [-0.39, 0.29) is 0 Å². The Bertz CT molecular complexity index is 301. The van der Waals surface area contributed by atoms with Gasteiger partial charge in [0.25, 0.3) is 0 Å². The molecule has 0 saturated carbocycles. The lowest BCUT2D eigenvalue weighted by atomic mass is 10.1. The first-order valence-corrected chi connectivity index (χ1v) is 7.96. The van der Waals surface area contributed by atoms with Gasteiger partial charge in [0.05, 0.1) is 0 Å². The summed E-state index contributed by atoms with van der Waals surface area (Å²) in [5.41, 5.74) is 0. The van der Waals surface area contributed by atoms with Crippen molar-refractivity contribution in [2.75, 3.05) is 0 Å². The van der Waals surface area contributed by atoms with Crippen LogP contribution in [0.4, 0.5) is 0 Å². The summed E-state index contributed by atoms with van der Waals surface area (Å²) < 4.78 is 0. The van der Waals surface area contributed by atoms with Gasteiger partial charge in [0.15, 0.2) is 0 Å². The molecule has 0 spiro atoms. The number of carboxylic acids is 1. The van der Waals surface area contributed by atoms with Crippen LogP contribution in [0.1, 0.15) is 71.1 Å². The second kappa shape index (κ2) is 15.7. The molecule has 1 N–H and O–H groups in total. The molecule has 0 radical (unpaired) electrons. The van der Waals surface area contributed by atoms with Crippen LogP contribution < -0.4 is 0 Å². The van der Waals surface area contributed by atoms with Gasteiger partial charge in [-0.15, -0.1) is 0 Å². The maximum absolute atomic E-state index is 10.2. The molecule has 0 amide bonds. The van der Waals surface area contributed by atoms with E-state index in [9.17, 15) is 4.79 Å². The van der Waals surface area contributed by atoms with E-state index in [0.29, 0.717) is 0 Å². The lowest BCUT2D eigenvalue weighted by molar-refractivity contribution is -0.131. The summed E-state index contributed by atoms with van der Waals surface area (Å²) >= 11 is 0. The minimum Gasteiger partial charge on any atom is -0.478 e. The van der Waals surface area contributed by atoms with Crippen LogP contribution in [0.25, 0.3) is 0 Å². The quantitative estimate of drug-likeness (QED) is 0.268. The van der Waals surface area contributed by atoms with Crippen LogP contribution in [0.5, 0.6) is 0 Å². The fourth-order valence-corrected chi connectivity index (χ4v) is 1.90. The van der Waals surface area contributed by atoms with Crippen LogP contribution >= 0.6 is 0 Å². The van der Waals surface area contributed by atoms with Gasteiger partial charge < -0.3 is 5.11 Å². The zero-order valence-electron chi connectivity index (χ0n) is 12.9. The standard InChI is InChI=1S/C18H30O2/c1-2-3-4-5-6-7-8-9-10-11-12-13-14-15-16-17-18(19)20/h6-7,9-10,16-17H,2-5,8,11-15H2,1H3,(H,19,20)/b7-6-,10-9-,17-16+. The third-order valence-electron chi connectivity index (χ3n) is 3.08. The smallest absolute Gasteiger partial charge is 0.327 e. The van der Waals surface area contributed by atoms with E-state index in [1.807, 2.05) is 0 Å². The molecule has 0 bridgehead atoms. The van der Waals surface area contributed by atoms with E-state index in [0.717, 1.165) is 25.7 Å². The molecule has 0 aromatic carbocycles. The molecule has 114 valence electrons. The Balaban J connectivity index is 3.25. The van der Waals surface area contributed by atoms with Crippen molar-refractivity contribution >= 4 is 5.97 Å². The summed E-state index contributed by atoms with van der Waals surface area (Å²) in [6.07, 6.45) is 23.6. The van der Waals surface area contributed by atoms with Gasteiger partial charge in [-0.1, -0.05) is 56.6 Å². The van der Waals surface area contributed by atoms with Crippen molar-refractivity contribution in [1.29, 1.82) is 0 Å². The molecule has 0 fully saturated rings. The van der Waals surface area contributed by atoms with Gasteiger partial charge in [-0.3, -0.25) is 0 Å². The molecule has 0 unspecified atom stereocenters. The molecule has 0 aromatic rings. The van der Waals surface area contributed by atoms with Crippen LogP contribution in [-0.4, -0.2) is 11.1 Å². The molecule has 0 rings (SSSR count). The number of hydrogen-bond acceptors (Lipinski definition) is 1. The molecular formula is C18H30O2. The second-order valence-electron chi connectivity index (χ2n) is 5.05. The maximum atomic E-state index is 10.2. The first-order valence-electron chi connectivity index (χ1n) is 7.96. The van der Waals surface area contributed by atoms with Crippen molar-refractivity contribution in [3.8, 4) is 0 Å². The third-order valence-corrected chi connectivity index (χ3v) is 3.08. The number of carbonyl (C=O) groups is 1. The minimum absolute atomic E-state index is 0.851. The first-order chi connectivity index (χ1) is 9.77. The monoisotopic (exact) mass is 278 g/mol. The summed E-state index contributed by atoms with van der Waals surface area (Å²) in [7, 11) is 0. The van der Waals surface area contributed by atoms with Crippen molar-refractivity contribution in [3.63, 3.8) is 0 Å². The largest absolute Gasteiger partial charge is 0.478 e. The predicted octanol–water partition coefficient (Wildman–Crippen LogP) is 5.66. The third kappa shape index (κ3) is 16.7. The van der Waals surface area contributed by atoms with Gasteiger partial charge in [-0.25, -0.2) is 4.79 Å². The van der Waals surface area contributed by atoms with Gasteiger partial charge in [0.2, 0.25) is 0 Å². The van der Waals surface area contributed by atoms with Crippen LogP contribution in [0.2, 0.25) is 0 Å². The first kappa shape index (κ1) is 18.7. The van der Waals surface area contributed by atoms with E-state index < -0.39 is 5.97 Å². The van der Waals surface area contributed by atoms with Gasteiger partial charge >= 0.3 is 5.97 Å². The molecule has 0 atom stereocenters. The predicted molar refractivity (Wildman–Crippen MR) is 86.9 cm³/mol. The number of aliphatic carboxylic acids is 1. The molecule has 0 aliphatic carbocycles. The van der Waals surface area contributed by atoms with Gasteiger partial charge in [-0.05, 0) is 44.9 Å². The molecule has 0 aromatic heterocycles. The Morgan fingerprint density at radius 2 is 1.35 bits per heavy atom. The second-order valence-corrected chi connectivity index (χ2v) is 5.05. The van der Waals surface area contributed by atoms with Crippen molar-refractivity contribution < 1.29 is 9.90 Å². The summed E-state index contributed by atoms with van der Waals surface area (Å²) in [6.45, 7) is 2.23. The number of rotatable bonds is 13. The molecule has 0 saturated heterocycles. The van der Waals surface area contributed by atoms with Crippen LogP contribution in [-0.2, 0) is 4.79 Å². The average molecular weight is 278 g/mol. The minimum atomic E-state index is -0.851.